The first-order valence-corrected chi connectivity index (χ1v) is 8.55. The number of hydrazone groups is 1. The van der Waals surface area contributed by atoms with Gasteiger partial charge in [-0.25, -0.2) is 4.79 Å². The van der Waals surface area contributed by atoms with Crippen molar-refractivity contribution in [3.05, 3.63) is 26.4 Å². The van der Waals surface area contributed by atoms with Crippen molar-refractivity contribution in [3.63, 3.8) is 0 Å². The average molecular weight is 337 g/mol. The molecule has 24 heavy (non-hydrogen) atoms. The molecule has 134 valence electrons. The number of likely N-dealkylation sites (N-methyl/N-ethyl adjacent to an activating group) is 1. The molecule has 1 aromatic rings. The minimum Gasteiger partial charge on any atom is -0.494 e. The second kappa shape index (κ2) is 8.14. The standard InChI is InChI=1S/C16H27N5O3/c1-4-6-7-21-15(23)13(14(22)17-16(21)24)12(5-2)18-20-10-8-19(3)9-11-20/h23H,4-11H2,1-3H3,(H,17,22,24). The summed E-state index contributed by atoms with van der Waals surface area (Å²) in [6, 6.07) is 0. The van der Waals surface area contributed by atoms with Gasteiger partial charge in [-0.15, -0.1) is 0 Å². The zero-order valence-electron chi connectivity index (χ0n) is 14.7. The Morgan fingerprint density at radius 2 is 1.88 bits per heavy atom. The quantitative estimate of drug-likeness (QED) is 0.733. The van der Waals surface area contributed by atoms with E-state index >= 15 is 0 Å². The number of hydrogen-bond acceptors (Lipinski definition) is 6. The van der Waals surface area contributed by atoms with Crippen LogP contribution in [-0.2, 0) is 6.54 Å². The molecule has 1 fully saturated rings. The number of nitrogens with one attached hydrogen (secondary N) is 1. The van der Waals surface area contributed by atoms with Gasteiger partial charge in [0.05, 0.1) is 5.71 Å². The molecular weight excluding hydrogens is 310 g/mol. The number of aromatic hydroxyl groups is 1. The summed E-state index contributed by atoms with van der Waals surface area (Å²) in [5, 5.41) is 17.0. The van der Waals surface area contributed by atoms with Crippen LogP contribution in [0, 0.1) is 0 Å². The molecule has 8 nitrogen and oxygen atoms in total. The van der Waals surface area contributed by atoms with Crippen molar-refractivity contribution in [1.82, 2.24) is 19.5 Å². The van der Waals surface area contributed by atoms with E-state index in [4.69, 9.17) is 0 Å². The summed E-state index contributed by atoms with van der Waals surface area (Å²) in [4.78, 5) is 28.7. The summed E-state index contributed by atoms with van der Waals surface area (Å²) in [5.74, 6) is -0.285. The maximum absolute atomic E-state index is 12.2. The molecule has 2 rings (SSSR count). The number of aromatic amines is 1. The van der Waals surface area contributed by atoms with Gasteiger partial charge in [-0.3, -0.25) is 19.4 Å². The van der Waals surface area contributed by atoms with Crippen molar-refractivity contribution in [2.75, 3.05) is 33.2 Å². The van der Waals surface area contributed by atoms with Crippen LogP contribution in [0.5, 0.6) is 5.88 Å². The molecule has 0 bridgehead atoms. The van der Waals surface area contributed by atoms with Gasteiger partial charge >= 0.3 is 5.69 Å². The number of aromatic nitrogens is 2. The lowest BCUT2D eigenvalue weighted by atomic mass is 10.1. The SMILES string of the molecule is CCCCn1c(O)c(C(CC)=NN2CCN(C)CC2)c(=O)[nH]c1=O. The Balaban J connectivity index is 2.40. The first-order chi connectivity index (χ1) is 11.5. The number of rotatable bonds is 6. The van der Waals surface area contributed by atoms with E-state index < -0.39 is 11.2 Å². The smallest absolute Gasteiger partial charge is 0.331 e. The third kappa shape index (κ3) is 4.05. The predicted octanol–water partition coefficient (Wildman–Crippen LogP) is 0.404. The van der Waals surface area contributed by atoms with E-state index in [1.807, 2.05) is 18.9 Å². The van der Waals surface area contributed by atoms with Gasteiger partial charge < -0.3 is 10.0 Å². The van der Waals surface area contributed by atoms with E-state index in [0.717, 1.165) is 39.0 Å². The Morgan fingerprint density at radius 3 is 2.46 bits per heavy atom. The molecule has 0 radical (unpaired) electrons. The van der Waals surface area contributed by atoms with Crippen LogP contribution < -0.4 is 11.2 Å². The van der Waals surface area contributed by atoms with Gasteiger partial charge in [0.15, 0.2) is 0 Å². The topological polar surface area (TPSA) is 93.9 Å². The number of nitrogens with zero attached hydrogens (tertiary/aromatic N) is 4. The summed E-state index contributed by atoms with van der Waals surface area (Å²) >= 11 is 0. The number of piperazine rings is 1. The summed E-state index contributed by atoms with van der Waals surface area (Å²) in [6.07, 6.45) is 2.13. The number of unbranched alkanes of at least 4 members (excludes halogenated alkanes) is 1. The molecule has 2 heterocycles. The molecule has 0 unspecified atom stereocenters. The summed E-state index contributed by atoms with van der Waals surface area (Å²) in [6.45, 7) is 7.60. The van der Waals surface area contributed by atoms with Gasteiger partial charge in [0, 0.05) is 32.7 Å². The molecule has 0 aliphatic carbocycles. The van der Waals surface area contributed by atoms with Gasteiger partial charge in [-0.2, -0.15) is 5.10 Å². The highest BCUT2D eigenvalue weighted by molar-refractivity contribution is 6.01. The van der Waals surface area contributed by atoms with E-state index in [1.165, 1.54) is 4.57 Å². The molecule has 1 aromatic heterocycles. The largest absolute Gasteiger partial charge is 0.494 e. The van der Waals surface area contributed by atoms with E-state index in [2.05, 4.69) is 22.0 Å². The summed E-state index contributed by atoms with van der Waals surface area (Å²) < 4.78 is 1.22. The summed E-state index contributed by atoms with van der Waals surface area (Å²) in [5.41, 5.74) is -0.555. The lowest BCUT2D eigenvalue weighted by Gasteiger charge is -2.31. The highest BCUT2D eigenvalue weighted by Crippen LogP contribution is 2.15. The monoisotopic (exact) mass is 337 g/mol. The second-order valence-electron chi connectivity index (χ2n) is 6.12. The van der Waals surface area contributed by atoms with E-state index in [-0.39, 0.29) is 11.4 Å². The molecule has 1 saturated heterocycles. The fourth-order valence-electron chi connectivity index (χ4n) is 2.71. The van der Waals surface area contributed by atoms with E-state index in [1.54, 1.807) is 0 Å². The zero-order chi connectivity index (χ0) is 17.7. The lowest BCUT2D eigenvalue weighted by molar-refractivity contribution is 0.159. The van der Waals surface area contributed by atoms with Crippen LogP contribution >= 0.6 is 0 Å². The van der Waals surface area contributed by atoms with Crippen LogP contribution in [0.4, 0.5) is 0 Å². The molecular formula is C16H27N5O3. The molecule has 0 amide bonds. The van der Waals surface area contributed by atoms with Gasteiger partial charge in [0.2, 0.25) is 5.88 Å². The molecule has 8 heteroatoms. The van der Waals surface area contributed by atoms with Gasteiger partial charge in [-0.1, -0.05) is 20.3 Å². The van der Waals surface area contributed by atoms with Crippen molar-refractivity contribution < 1.29 is 5.11 Å². The van der Waals surface area contributed by atoms with Gasteiger partial charge in [0.25, 0.3) is 5.56 Å². The lowest BCUT2D eigenvalue weighted by Crippen LogP contribution is -2.42. The van der Waals surface area contributed by atoms with Crippen LogP contribution in [0.3, 0.4) is 0 Å². The van der Waals surface area contributed by atoms with Gasteiger partial charge in [0.1, 0.15) is 5.56 Å². The second-order valence-corrected chi connectivity index (χ2v) is 6.12. The fourth-order valence-corrected chi connectivity index (χ4v) is 2.71. The Kier molecular flexibility index (Phi) is 6.19. The zero-order valence-corrected chi connectivity index (χ0v) is 14.7. The third-order valence-corrected chi connectivity index (χ3v) is 4.27. The number of hydrogen-bond donors (Lipinski definition) is 2. The van der Waals surface area contributed by atoms with Crippen LogP contribution in [0.15, 0.2) is 14.7 Å². The molecule has 1 aliphatic rings. The molecule has 0 aromatic carbocycles. The first kappa shape index (κ1) is 18.3. The highest BCUT2D eigenvalue weighted by Gasteiger charge is 2.20. The Bertz CT molecular complexity index is 699. The molecule has 0 spiro atoms. The van der Waals surface area contributed by atoms with Crippen molar-refractivity contribution in [1.29, 1.82) is 0 Å². The van der Waals surface area contributed by atoms with Crippen molar-refractivity contribution in [2.24, 2.45) is 5.10 Å². The Hall–Kier alpha value is -2.09. The minimum absolute atomic E-state index is 0.104. The van der Waals surface area contributed by atoms with Crippen LogP contribution in [-0.4, -0.2) is 63.5 Å². The van der Waals surface area contributed by atoms with Crippen molar-refractivity contribution in [2.45, 2.75) is 39.7 Å². The van der Waals surface area contributed by atoms with Crippen molar-refractivity contribution >= 4 is 5.71 Å². The average Bonchev–Trinajstić information content (AvgIpc) is 2.55. The van der Waals surface area contributed by atoms with Gasteiger partial charge in [-0.05, 0) is 19.9 Å². The fraction of sp³-hybridized carbons (Fsp3) is 0.688. The normalized spacial score (nSPS) is 16.6. The predicted molar refractivity (Wildman–Crippen MR) is 93.8 cm³/mol. The summed E-state index contributed by atoms with van der Waals surface area (Å²) in [7, 11) is 2.06. The number of H-pyrrole nitrogens is 1. The highest BCUT2D eigenvalue weighted by atomic mass is 16.3. The maximum Gasteiger partial charge on any atom is 0.331 e. The van der Waals surface area contributed by atoms with Crippen LogP contribution in [0.25, 0.3) is 0 Å². The first-order valence-electron chi connectivity index (χ1n) is 8.55. The van der Waals surface area contributed by atoms with E-state index in [0.29, 0.717) is 18.7 Å². The minimum atomic E-state index is -0.583. The van der Waals surface area contributed by atoms with E-state index in [9.17, 15) is 14.7 Å². The Labute approximate surface area is 141 Å². The van der Waals surface area contributed by atoms with Crippen LogP contribution in [0.2, 0.25) is 0 Å². The Morgan fingerprint density at radius 1 is 1.21 bits per heavy atom. The van der Waals surface area contributed by atoms with Crippen molar-refractivity contribution in [3.8, 4) is 5.88 Å². The third-order valence-electron chi connectivity index (χ3n) is 4.27. The molecule has 2 N–H and O–H groups in total. The molecule has 0 atom stereocenters. The molecule has 0 saturated carbocycles. The maximum atomic E-state index is 12.2. The van der Waals surface area contributed by atoms with Crippen LogP contribution in [0.1, 0.15) is 38.7 Å². The molecule has 1 aliphatic heterocycles.